The lowest BCUT2D eigenvalue weighted by atomic mass is 10.1. The maximum absolute atomic E-state index is 12.1. The van der Waals surface area contributed by atoms with Gasteiger partial charge < -0.3 is 9.66 Å². The molecule has 0 bridgehead atoms. The Morgan fingerprint density at radius 1 is 1.32 bits per heavy atom. The molecule has 1 N–H and O–H groups in total. The average Bonchev–Trinajstić information content (AvgIpc) is 3.22. The standard InChI is InChI=1S/C18H12Cl2N2O5S4/c19-9-1-2-10-11(5-9)29-15(22(10)4-3-16(22)31(25,26)27)7-14-21(8-17(23)24)18-12(28-14)6-13(20)30-18/h1-2,5-7,16H,3-4,8H2/p+1/b15-7-. The van der Waals surface area contributed by atoms with Gasteiger partial charge in [-0.05, 0) is 30.0 Å². The van der Waals surface area contributed by atoms with Crippen molar-refractivity contribution in [2.75, 3.05) is 6.54 Å². The van der Waals surface area contributed by atoms with E-state index in [2.05, 4.69) is 0 Å². The number of carboxylic acid groups (broad SMARTS) is 1. The number of thiophene rings is 1. The average molecular weight is 536 g/mol. The molecular formula is C18H13Cl2N2O5S4+. The van der Waals surface area contributed by atoms with Gasteiger partial charge in [-0.3, -0.25) is 0 Å². The van der Waals surface area contributed by atoms with Crippen LogP contribution in [0.15, 0.2) is 34.2 Å². The van der Waals surface area contributed by atoms with Crippen LogP contribution in [0.3, 0.4) is 0 Å². The maximum atomic E-state index is 12.1. The highest BCUT2D eigenvalue weighted by Gasteiger charge is 2.59. The third-order valence-electron chi connectivity index (χ3n) is 5.43. The highest BCUT2D eigenvalue weighted by molar-refractivity contribution is 8.03. The zero-order chi connectivity index (χ0) is 22.1. The van der Waals surface area contributed by atoms with Crippen LogP contribution < -0.4 is 9.05 Å². The highest BCUT2D eigenvalue weighted by atomic mass is 35.5. The van der Waals surface area contributed by atoms with Crippen molar-refractivity contribution in [3.63, 3.8) is 0 Å². The lowest BCUT2D eigenvalue weighted by Gasteiger charge is -2.49. The van der Waals surface area contributed by atoms with Crippen LogP contribution in [-0.4, -0.2) is 36.0 Å². The van der Waals surface area contributed by atoms with Gasteiger partial charge in [0.2, 0.25) is 6.54 Å². The van der Waals surface area contributed by atoms with E-state index < -0.39 is 21.5 Å². The van der Waals surface area contributed by atoms with E-state index in [1.165, 1.54) is 34.4 Å². The SMILES string of the molecule is O=C(O)C[n+]1c(/C=C2\Sc3cc(Cl)ccc3[N+]23CCC3S(=O)(=O)[O-])sc2cc(Cl)sc21. The van der Waals surface area contributed by atoms with Gasteiger partial charge in [0.25, 0.3) is 9.84 Å². The largest absolute Gasteiger partial charge is 0.743 e. The third-order valence-corrected chi connectivity index (χ3v) is 10.6. The summed E-state index contributed by atoms with van der Waals surface area (Å²) in [5, 5.41) is 10.1. The first kappa shape index (κ1) is 21.7. The van der Waals surface area contributed by atoms with E-state index in [0.29, 0.717) is 25.9 Å². The summed E-state index contributed by atoms with van der Waals surface area (Å²) in [6.45, 7) is 0.201. The molecule has 1 aromatic carbocycles. The van der Waals surface area contributed by atoms with Crippen LogP contribution in [0.4, 0.5) is 5.69 Å². The summed E-state index contributed by atoms with van der Waals surface area (Å²) in [7, 11) is -4.56. The monoisotopic (exact) mass is 535 g/mol. The zero-order valence-electron chi connectivity index (χ0n) is 15.4. The molecule has 2 unspecified atom stereocenters. The van der Waals surface area contributed by atoms with Crippen molar-refractivity contribution < 1.29 is 27.4 Å². The number of carbonyl (C=O) groups is 1. The van der Waals surface area contributed by atoms with Crippen molar-refractivity contribution in [2.45, 2.75) is 23.2 Å². The van der Waals surface area contributed by atoms with Gasteiger partial charge in [0, 0.05) is 11.1 Å². The first-order chi connectivity index (χ1) is 14.6. The molecule has 0 aliphatic carbocycles. The highest BCUT2D eigenvalue weighted by Crippen LogP contribution is 2.58. The fourth-order valence-electron chi connectivity index (χ4n) is 4.11. The number of quaternary nitrogens is 1. The second-order valence-corrected chi connectivity index (χ2v) is 12.9. The zero-order valence-corrected chi connectivity index (χ0v) is 20.2. The number of benzene rings is 1. The number of halogens is 2. The molecule has 1 fully saturated rings. The Bertz CT molecular complexity index is 1400. The van der Waals surface area contributed by atoms with Crippen molar-refractivity contribution in [3.05, 3.63) is 43.7 Å². The van der Waals surface area contributed by atoms with Crippen LogP contribution in [0.25, 0.3) is 15.6 Å². The van der Waals surface area contributed by atoms with E-state index in [0.717, 1.165) is 20.1 Å². The van der Waals surface area contributed by atoms with Crippen molar-refractivity contribution in [1.29, 1.82) is 0 Å². The number of hydrogen-bond acceptors (Lipinski definition) is 7. The molecule has 1 saturated heterocycles. The van der Waals surface area contributed by atoms with E-state index >= 15 is 0 Å². The fourth-order valence-corrected chi connectivity index (χ4v) is 9.65. The van der Waals surface area contributed by atoms with Gasteiger partial charge in [0.05, 0.1) is 23.9 Å². The Hall–Kier alpha value is -1.18. The lowest BCUT2D eigenvalue weighted by molar-refractivity contribution is -0.655. The van der Waals surface area contributed by atoms with E-state index in [1.807, 2.05) is 0 Å². The molecule has 2 aliphatic heterocycles. The molecule has 5 rings (SSSR count). The quantitative estimate of drug-likeness (QED) is 0.303. The lowest BCUT2D eigenvalue weighted by Crippen LogP contribution is -2.66. The first-order valence-electron chi connectivity index (χ1n) is 8.96. The predicted molar refractivity (Wildman–Crippen MR) is 123 cm³/mol. The van der Waals surface area contributed by atoms with Gasteiger partial charge >= 0.3 is 5.97 Å². The summed E-state index contributed by atoms with van der Waals surface area (Å²) < 4.78 is 39.2. The number of thioether (sulfide) groups is 1. The van der Waals surface area contributed by atoms with Crippen molar-refractivity contribution in [3.8, 4) is 0 Å². The molecule has 162 valence electrons. The summed E-state index contributed by atoms with van der Waals surface area (Å²) in [6.07, 6.45) is 2.06. The van der Waals surface area contributed by atoms with Gasteiger partial charge in [-0.25, -0.2) is 17.7 Å². The predicted octanol–water partition coefficient (Wildman–Crippen LogP) is 4.33. The third kappa shape index (κ3) is 3.42. The molecule has 31 heavy (non-hydrogen) atoms. The number of rotatable bonds is 4. The summed E-state index contributed by atoms with van der Waals surface area (Å²) in [5.74, 6) is -1.00. The van der Waals surface area contributed by atoms with Crippen LogP contribution in [0.2, 0.25) is 9.36 Å². The summed E-state index contributed by atoms with van der Waals surface area (Å²) in [6, 6.07) is 6.99. The number of nitrogens with zero attached hydrogens (tertiary/aromatic N) is 2. The Labute approximate surface area is 199 Å². The number of aliphatic carboxylic acids is 1. The normalized spacial score (nSPS) is 24.1. The van der Waals surface area contributed by atoms with Crippen LogP contribution in [-0.2, 0) is 21.5 Å². The van der Waals surface area contributed by atoms with Crippen molar-refractivity contribution in [1.82, 2.24) is 4.48 Å². The Morgan fingerprint density at radius 2 is 2.10 bits per heavy atom. The number of thiazole rings is 1. The van der Waals surface area contributed by atoms with E-state index in [9.17, 15) is 22.9 Å². The van der Waals surface area contributed by atoms with Gasteiger partial charge in [-0.1, -0.05) is 45.9 Å². The minimum absolute atomic E-state index is 0.0810. The molecule has 2 aliphatic rings. The second-order valence-electron chi connectivity index (χ2n) is 7.17. The molecule has 1 spiro atoms. The molecule has 13 heteroatoms. The molecular weight excluding hydrogens is 523 g/mol. The molecule has 0 saturated carbocycles. The topological polar surface area (TPSA) is 98.4 Å². The van der Waals surface area contributed by atoms with Crippen LogP contribution in [0.1, 0.15) is 11.4 Å². The summed E-state index contributed by atoms with van der Waals surface area (Å²) in [5.41, 5.74) is 0.725. The van der Waals surface area contributed by atoms with E-state index in [-0.39, 0.29) is 17.4 Å². The number of aromatic nitrogens is 1. The van der Waals surface area contributed by atoms with Gasteiger partial charge in [-0.2, -0.15) is 4.57 Å². The van der Waals surface area contributed by atoms with Crippen molar-refractivity contribution in [2.24, 2.45) is 0 Å². The van der Waals surface area contributed by atoms with Crippen LogP contribution >= 0.6 is 57.6 Å². The maximum Gasteiger partial charge on any atom is 0.370 e. The Kier molecular flexibility index (Phi) is 5.18. The summed E-state index contributed by atoms with van der Waals surface area (Å²) in [4.78, 5) is 13.0. The van der Waals surface area contributed by atoms with Crippen LogP contribution in [0, 0.1) is 0 Å². The molecule has 2 aromatic heterocycles. The smallest absolute Gasteiger partial charge is 0.370 e. The minimum Gasteiger partial charge on any atom is -0.743 e. The number of carboxylic acids is 1. The van der Waals surface area contributed by atoms with Gasteiger partial charge in [0.15, 0.2) is 26.2 Å². The van der Waals surface area contributed by atoms with Crippen molar-refractivity contribution >= 4 is 95.0 Å². The fraction of sp³-hybridized carbons (Fsp3) is 0.222. The van der Waals surface area contributed by atoms with Gasteiger partial charge in [-0.15, -0.1) is 0 Å². The molecule has 3 aromatic rings. The number of fused-ring (bicyclic) bond motifs is 3. The van der Waals surface area contributed by atoms with Gasteiger partial charge in [0.1, 0.15) is 9.04 Å². The molecule has 2 atom stereocenters. The Balaban J connectivity index is 1.71. The second kappa shape index (κ2) is 7.42. The minimum atomic E-state index is -4.56. The first-order valence-corrected chi connectivity index (χ1v) is 13.6. The molecule has 4 heterocycles. The Morgan fingerprint density at radius 3 is 2.74 bits per heavy atom. The molecule has 0 amide bonds. The summed E-state index contributed by atoms with van der Waals surface area (Å²) >= 11 is 16.3. The number of hydrogen-bond donors (Lipinski definition) is 1. The van der Waals surface area contributed by atoms with E-state index in [4.69, 9.17) is 23.2 Å². The van der Waals surface area contributed by atoms with E-state index in [1.54, 1.807) is 34.9 Å². The molecule has 0 radical (unpaired) electrons. The van der Waals surface area contributed by atoms with Crippen LogP contribution in [0.5, 0.6) is 0 Å². The molecule has 7 nitrogen and oxygen atoms in total.